The SMILES string of the molecule is CCCOc1cc(-c2cc(C3COB(O)C3)ccn2)ccc1OCC. The maximum absolute atomic E-state index is 9.58. The van der Waals surface area contributed by atoms with E-state index in [4.69, 9.17) is 14.1 Å². The number of nitrogens with zero attached hydrogens (tertiary/aromatic N) is 1. The summed E-state index contributed by atoms with van der Waals surface area (Å²) in [6, 6.07) is 9.95. The van der Waals surface area contributed by atoms with Gasteiger partial charge in [-0.05, 0) is 55.6 Å². The highest BCUT2D eigenvalue weighted by Gasteiger charge is 2.29. The van der Waals surface area contributed by atoms with Gasteiger partial charge in [-0.15, -0.1) is 0 Å². The van der Waals surface area contributed by atoms with E-state index in [0.717, 1.165) is 34.7 Å². The van der Waals surface area contributed by atoms with E-state index in [1.165, 1.54) is 0 Å². The molecule has 1 aliphatic rings. The second-order valence-corrected chi connectivity index (χ2v) is 6.14. The molecule has 1 unspecified atom stereocenters. The Labute approximate surface area is 149 Å². The van der Waals surface area contributed by atoms with Gasteiger partial charge in [-0.3, -0.25) is 4.98 Å². The average molecular weight is 341 g/mol. The molecule has 0 amide bonds. The fraction of sp³-hybridized carbons (Fsp3) is 0.421. The molecule has 0 aliphatic carbocycles. The van der Waals surface area contributed by atoms with E-state index in [1.807, 2.05) is 31.2 Å². The number of benzene rings is 1. The molecule has 132 valence electrons. The van der Waals surface area contributed by atoms with Crippen LogP contribution in [0.4, 0.5) is 0 Å². The van der Waals surface area contributed by atoms with Crippen LogP contribution in [0.5, 0.6) is 11.5 Å². The fourth-order valence-corrected chi connectivity index (χ4v) is 2.96. The van der Waals surface area contributed by atoms with Crippen molar-refractivity contribution >= 4 is 7.12 Å². The molecule has 1 fully saturated rings. The lowest BCUT2D eigenvalue weighted by Gasteiger charge is -2.14. The number of aromatic nitrogens is 1. The quantitative estimate of drug-likeness (QED) is 0.781. The minimum absolute atomic E-state index is 0.204. The molecule has 0 saturated carbocycles. The predicted octanol–water partition coefficient (Wildman–Crippen LogP) is 3.53. The molecule has 0 bridgehead atoms. The summed E-state index contributed by atoms with van der Waals surface area (Å²) in [5, 5.41) is 9.58. The van der Waals surface area contributed by atoms with E-state index >= 15 is 0 Å². The van der Waals surface area contributed by atoms with Crippen LogP contribution in [0.2, 0.25) is 6.32 Å². The van der Waals surface area contributed by atoms with E-state index in [2.05, 4.69) is 18.0 Å². The fourth-order valence-electron chi connectivity index (χ4n) is 2.96. The molecule has 6 heteroatoms. The van der Waals surface area contributed by atoms with Gasteiger partial charge in [-0.1, -0.05) is 6.92 Å². The number of rotatable bonds is 7. The van der Waals surface area contributed by atoms with Gasteiger partial charge in [-0.2, -0.15) is 0 Å². The standard InChI is InChI=1S/C19H24BNO4/c1-3-9-24-19-11-15(5-6-18(19)23-4-2)17-10-14(7-8-21-17)16-12-20(22)25-13-16/h5-8,10-11,16,22H,3-4,9,12-13H2,1-2H3. The molecule has 0 spiro atoms. The lowest BCUT2D eigenvalue weighted by Crippen LogP contribution is -2.07. The van der Waals surface area contributed by atoms with Gasteiger partial charge in [0.1, 0.15) is 0 Å². The molecule has 1 aliphatic heterocycles. The van der Waals surface area contributed by atoms with Gasteiger partial charge in [-0.25, -0.2) is 0 Å². The van der Waals surface area contributed by atoms with Crippen molar-refractivity contribution in [2.75, 3.05) is 19.8 Å². The maximum Gasteiger partial charge on any atom is 0.454 e. The normalized spacial score (nSPS) is 16.9. The van der Waals surface area contributed by atoms with Gasteiger partial charge < -0.3 is 19.2 Å². The van der Waals surface area contributed by atoms with Crippen molar-refractivity contribution in [1.29, 1.82) is 0 Å². The smallest absolute Gasteiger partial charge is 0.454 e. The first-order chi connectivity index (χ1) is 12.2. The maximum atomic E-state index is 9.58. The van der Waals surface area contributed by atoms with Crippen LogP contribution in [-0.4, -0.2) is 36.9 Å². The van der Waals surface area contributed by atoms with Gasteiger partial charge in [0.25, 0.3) is 0 Å². The third-order valence-corrected chi connectivity index (χ3v) is 4.23. The molecule has 1 aromatic carbocycles. The highest BCUT2D eigenvalue weighted by molar-refractivity contribution is 6.43. The third-order valence-electron chi connectivity index (χ3n) is 4.23. The monoisotopic (exact) mass is 341 g/mol. The molecule has 2 heterocycles. The Morgan fingerprint density at radius 1 is 1.20 bits per heavy atom. The Hall–Kier alpha value is -2.05. The van der Waals surface area contributed by atoms with Gasteiger partial charge in [0.05, 0.1) is 18.9 Å². The number of ether oxygens (including phenoxy) is 2. The molecule has 5 nitrogen and oxygen atoms in total. The number of hydrogen-bond donors (Lipinski definition) is 1. The summed E-state index contributed by atoms with van der Waals surface area (Å²) in [5.74, 6) is 1.70. The van der Waals surface area contributed by atoms with E-state index in [-0.39, 0.29) is 5.92 Å². The Balaban J connectivity index is 1.87. The van der Waals surface area contributed by atoms with Crippen LogP contribution in [0, 0.1) is 0 Å². The molecule has 1 atom stereocenters. The molecule has 1 aromatic heterocycles. The second kappa shape index (κ2) is 8.36. The summed E-state index contributed by atoms with van der Waals surface area (Å²) in [6.45, 7) is 5.82. The van der Waals surface area contributed by atoms with Crippen molar-refractivity contribution in [1.82, 2.24) is 4.98 Å². The summed E-state index contributed by atoms with van der Waals surface area (Å²) < 4.78 is 16.8. The topological polar surface area (TPSA) is 60.8 Å². The van der Waals surface area contributed by atoms with Crippen molar-refractivity contribution in [3.63, 3.8) is 0 Å². The van der Waals surface area contributed by atoms with E-state index in [1.54, 1.807) is 6.20 Å². The minimum atomic E-state index is -0.666. The van der Waals surface area contributed by atoms with Gasteiger partial charge in [0.15, 0.2) is 11.5 Å². The molecule has 0 radical (unpaired) electrons. The minimum Gasteiger partial charge on any atom is -0.490 e. The first-order valence-electron chi connectivity index (χ1n) is 8.87. The van der Waals surface area contributed by atoms with Gasteiger partial charge in [0, 0.05) is 24.3 Å². The first-order valence-corrected chi connectivity index (χ1v) is 8.87. The number of pyridine rings is 1. The zero-order valence-corrected chi connectivity index (χ0v) is 14.8. The van der Waals surface area contributed by atoms with Crippen molar-refractivity contribution in [2.24, 2.45) is 0 Å². The molecule has 25 heavy (non-hydrogen) atoms. The van der Waals surface area contributed by atoms with Crippen molar-refractivity contribution in [3.8, 4) is 22.8 Å². The Morgan fingerprint density at radius 2 is 2.08 bits per heavy atom. The lowest BCUT2D eigenvalue weighted by atomic mass is 9.79. The zero-order valence-electron chi connectivity index (χ0n) is 14.8. The van der Waals surface area contributed by atoms with Crippen LogP contribution in [0.3, 0.4) is 0 Å². The van der Waals surface area contributed by atoms with Crippen LogP contribution in [0.15, 0.2) is 36.5 Å². The Bertz CT molecular complexity index is 710. The van der Waals surface area contributed by atoms with Crippen molar-refractivity contribution in [3.05, 3.63) is 42.1 Å². The predicted molar refractivity (Wildman–Crippen MR) is 98.1 cm³/mol. The molecular weight excluding hydrogens is 317 g/mol. The van der Waals surface area contributed by atoms with Gasteiger partial charge >= 0.3 is 7.12 Å². The summed E-state index contributed by atoms with van der Waals surface area (Å²) in [5.41, 5.74) is 2.99. The molecule has 1 saturated heterocycles. The summed E-state index contributed by atoms with van der Waals surface area (Å²) in [4.78, 5) is 4.50. The molecule has 2 aromatic rings. The van der Waals surface area contributed by atoms with Crippen LogP contribution >= 0.6 is 0 Å². The van der Waals surface area contributed by atoms with Crippen LogP contribution in [-0.2, 0) is 4.65 Å². The Morgan fingerprint density at radius 3 is 2.80 bits per heavy atom. The lowest BCUT2D eigenvalue weighted by molar-refractivity contribution is 0.277. The summed E-state index contributed by atoms with van der Waals surface area (Å²) in [6.07, 6.45) is 3.36. The van der Waals surface area contributed by atoms with E-state index in [9.17, 15) is 5.02 Å². The second-order valence-electron chi connectivity index (χ2n) is 6.14. The summed E-state index contributed by atoms with van der Waals surface area (Å²) in [7, 11) is -0.666. The average Bonchev–Trinajstić information content (AvgIpc) is 3.08. The van der Waals surface area contributed by atoms with E-state index < -0.39 is 7.12 Å². The highest BCUT2D eigenvalue weighted by atomic mass is 16.5. The summed E-state index contributed by atoms with van der Waals surface area (Å²) >= 11 is 0. The van der Waals surface area contributed by atoms with Gasteiger partial charge in [0.2, 0.25) is 0 Å². The number of hydrogen-bond acceptors (Lipinski definition) is 5. The molecule has 1 N–H and O–H groups in total. The third kappa shape index (κ3) is 4.33. The first kappa shape index (κ1) is 17.8. The van der Waals surface area contributed by atoms with Crippen molar-refractivity contribution in [2.45, 2.75) is 32.5 Å². The van der Waals surface area contributed by atoms with Crippen molar-refractivity contribution < 1.29 is 19.2 Å². The van der Waals surface area contributed by atoms with Crippen LogP contribution in [0.1, 0.15) is 31.7 Å². The van der Waals surface area contributed by atoms with E-state index in [0.29, 0.717) is 26.1 Å². The zero-order chi connectivity index (χ0) is 17.6. The largest absolute Gasteiger partial charge is 0.490 e. The Kier molecular flexibility index (Phi) is 5.94. The molecule has 3 rings (SSSR count). The molecular formula is C19H24BNO4. The highest BCUT2D eigenvalue weighted by Crippen LogP contribution is 2.34. The van der Waals surface area contributed by atoms with Crippen LogP contribution in [0.25, 0.3) is 11.3 Å². The van der Waals surface area contributed by atoms with Crippen LogP contribution < -0.4 is 9.47 Å².